The van der Waals surface area contributed by atoms with Crippen LogP contribution in [0.1, 0.15) is 33.0 Å². The fourth-order valence-corrected chi connectivity index (χ4v) is 2.14. The van der Waals surface area contributed by atoms with E-state index in [-0.39, 0.29) is 0 Å². The Morgan fingerprint density at radius 1 is 1.35 bits per heavy atom. The van der Waals surface area contributed by atoms with E-state index >= 15 is 0 Å². The molecule has 1 unspecified atom stereocenters. The van der Waals surface area contributed by atoms with Crippen LogP contribution in [0.25, 0.3) is 0 Å². The number of aromatic nitrogens is 2. The molecule has 0 saturated heterocycles. The van der Waals surface area contributed by atoms with Gasteiger partial charge < -0.3 is 20.5 Å². The molecule has 20 heavy (non-hydrogen) atoms. The van der Waals surface area contributed by atoms with Crippen LogP contribution in [0.5, 0.6) is 0 Å². The maximum Gasteiger partial charge on any atom is 0.158 e. The van der Waals surface area contributed by atoms with Crippen LogP contribution in [-0.2, 0) is 11.3 Å². The Morgan fingerprint density at radius 2 is 2.00 bits per heavy atom. The van der Waals surface area contributed by atoms with Crippen molar-refractivity contribution >= 4 is 11.6 Å². The summed E-state index contributed by atoms with van der Waals surface area (Å²) in [5.41, 5.74) is -0.764. The van der Waals surface area contributed by atoms with Gasteiger partial charge in [0.15, 0.2) is 5.82 Å². The largest absolute Gasteiger partial charge is 0.388 e. The molecule has 0 aromatic carbocycles. The molecule has 0 aliphatic rings. The fraction of sp³-hybridized carbons (Fsp3) is 0.714. The summed E-state index contributed by atoms with van der Waals surface area (Å²) in [6, 6.07) is 1.81. The summed E-state index contributed by atoms with van der Waals surface area (Å²) in [5.74, 6) is 2.44. The van der Waals surface area contributed by atoms with Crippen LogP contribution in [0.3, 0.4) is 0 Å². The second kappa shape index (κ2) is 7.40. The Hall–Kier alpha value is -1.40. The number of aliphatic hydroxyl groups is 1. The highest BCUT2D eigenvalue weighted by atomic mass is 16.5. The van der Waals surface area contributed by atoms with E-state index in [1.54, 1.807) is 14.2 Å². The SMILES string of the molecule is CNc1cc(NCC(C)(O)CC(C)C)nc(COC)n1. The lowest BCUT2D eigenvalue weighted by Crippen LogP contribution is -2.35. The van der Waals surface area contributed by atoms with Gasteiger partial charge in [-0.05, 0) is 19.3 Å². The number of hydrogen-bond donors (Lipinski definition) is 3. The Labute approximate surface area is 121 Å². The van der Waals surface area contributed by atoms with Gasteiger partial charge in [-0.1, -0.05) is 13.8 Å². The molecule has 0 aliphatic carbocycles. The van der Waals surface area contributed by atoms with Crippen molar-refractivity contribution in [2.45, 2.75) is 39.4 Å². The normalized spacial score (nSPS) is 14.2. The molecule has 1 rings (SSSR count). The predicted molar refractivity (Wildman–Crippen MR) is 80.9 cm³/mol. The van der Waals surface area contributed by atoms with E-state index in [1.807, 2.05) is 13.0 Å². The summed E-state index contributed by atoms with van der Waals surface area (Å²) in [6.07, 6.45) is 0.731. The van der Waals surface area contributed by atoms with E-state index in [1.165, 1.54) is 0 Å². The zero-order valence-corrected chi connectivity index (χ0v) is 13.0. The smallest absolute Gasteiger partial charge is 0.158 e. The molecule has 0 amide bonds. The summed E-state index contributed by atoms with van der Waals surface area (Å²) in [5, 5.41) is 16.5. The zero-order chi connectivity index (χ0) is 15.2. The third kappa shape index (κ3) is 5.71. The van der Waals surface area contributed by atoms with Crippen LogP contribution < -0.4 is 10.6 Å². The van der Waals surface area contributed by atoms with Crippen LogP contribution in [-0.4, -0.2) is 41.4 Å². The fourth-order valence-electron chi connectivity index (χ4n) is 2.14. The molecular weight excluding hydrogens is 256 g/mol. The maximum absolute atomic E-state index is 10.3. The van der Waals surface area contributed by atoms with Crippen LogP contribution in [0, 0.1) is 5.92 Å². The van der Waals surface area contributed by atoms with Crippen molar-refractivity contribution in [2.24, 2.45) is 5.92 Å². The first kappa shape index (κ1) is 16.7. The number of hydrogen-bond acceptors (Lipinski definition) is 6. The Kier molecular flexibility index (Phi) is 6.16. The topological polar surface area (TPSA) is 79.3 Å². The van der Waals surface area contributed by atoms with E-state index in [9.17, 15) is 5.11 Å². The molecule has 0 saturated carbocycles. The van der Waals surface area contributed by atoms with E-state index in [0.29, 0.717) is 30.7 Å². The van der Waals surface area contributed by atoms with Gasteiger partial charge in [0.25, 0.3) is 0 Å². The molecule has 0 bridgehead atoms. The monoisotopic (exact) mass is 282 g/mol. The second-order valence-electron chi connectivity index (χ2n) is 5.69. The number of ether oxygens (including phenoxy) is 1. The number of nitrogens with one attached hydrogen (secondary N) is 2. The molecule has 1 aromatic rings. The van der Waals surface area contributed by atoms with Crippen molar-refractivity contribution in [3.05, 3.63) is 11.9 Å². The molecule has 3 N–H and O–H groups in total. The average molecular weight is 282 g/mol. The van der Waals surface area contributed by atoms with Gasteiger partial charge >= 0.3 is 0 Å². The van der Waals surface area contributed by atoms with Gasteiger partial charge in [0.1, 0.15) is 18.2 Å². The van der Waals surface area contributed by atoms with E-state index in [4.69, 9.17) is 4.74 Å². The summed E-state index contributed by atoms with van der Waals surface area (Å²) in [4.78, 5) is 8.64. The molecule has 0 aliphatic heterocycles. The van der Waals surface area contributed by atoms with Crippen molar-refractivity contribution in [2.75, 3.05) is 31.3 Å². The van der Waals surface area contributed by atoms with Gasteiger partial charge in [-0.3, -0.25) is 0 Å². The number of nitrogens with zero attached hydrogens (tertiary/aromatic N) is 2. The molecular formula is C14H26N4O2. The number of anilines is 2. The predicted octanol–water partition coefficient (Wildman–Crippen LogP) is 1.87. The quantitative estimate of drug-likeness (QED) is 0.675. The van der Waals surface area contributed by atoms with E-state index in [0.717, 1.165) is 12.2 Å². The van der Waals surface area contributed by atoms with Crippen molar-refractivity contribution < 1.29 is 9.84 Å². The highest BCUT2D eigenvalue weighted by molar-refractivity contribution is 5.47. The van der Waals surface area contributed by atoms with Crippen LogP contribution in [0.15, 0.2) is 6.07 Å². The van der Waals surface area contributed by atoms with Gasteiger partial charge in [-0.25, -0.2) is 9.97 Å². The minimum absolute atomic E-state index is 0.354. The number of methoxy groups -OCH3 is 1. The summed E-state index contributed by atoms with van der Waals surface area (Å²) >= 11 is 0. The molecule has 0 spiro atoms. The standard InChI is InChI=1S/C14H26N4O2/c1-10(2)7-14(3,19)9-16-12-6-11(15-4)17-13(18-12)8-20-5/h6,10,19H,7-9H2,1-5H3,(H2,15,16,17,18). The Balaban J connectivity index is 2.73. The molecule has 1 heterocycles. The number of rotatable bonds is 8. The molecule has 1 atom stereocenters. The van der Waals surface area contributed by atoms with E-state index < -0.39 is 5.60 Å². The first-order valence-corrected chi connectivity index (χ1v) is 6.87. The Morgan fingerprint density at radius 3 is 2.55 bits per heavy atom. The average Bonchev–Trinajstić information content (AvgIpc) is 2.35. The van der Waals surface area contributed by atoms with Gasteiger partial charge in [-0.15, -0.1) is 0 Å². The summed E-state index contributed by atoms with van der Waals surface area (Å²) in [7, 11) is 3.41. The van der Waals surface area contributed by atoms with Crippen molar-refractivity contribution in [3.8, 4) is 0 Å². The maximum atomic E-state index is 10.3. The third-order valence-corrected chi connectivity index (χ3v) is 2.80. The van der Waals surface area contributed by atoms with Gasteiger partial charge in [0, 0.05) is 26.8 Å². The van der Waals surface area contributed by atoms with Crippen molar-refractivity contribution in [3.63, 3.8) is 0 Å². The molecule has 1 aromatic heterocycles. The van der Waals surface area contributed by atoms with Crippen LogP contribution in [0.4, 0.5) is 11.6 Å². The van der Waals surface area contributed by atoms with Gasteiger partial charge in [0.2, 0.25) is 0 Å². The molecule has 6 nitrogen and oxygen atoms in total. The Bertz CT molecular complexity index is 422. The highest BCUT2D eigenvalue weighted by Gasteiger charge is 2.21. The first-order valence-electron chi connectivity index (χ1n) is 6.87. The van der Waals surface area contributed by atoms with Crippen LogP contribution in [0.2, 0.25) is 0 Å². The summed E-state index contributed by atoms with van der Waals surface area (Å²) < 4.78 is 5.05. The molecule has 114 valence electrons. The third-order valence-electron chi connectivity index (χ3n) is 2.80. The van der Waals surface area contributed by atoms with Gasteiger partial charge in [-0.2, -0.15) is 0 Å². The van der Waals surface area contributed by atoms with Crippen molar-refractivity contribution in [1.82, 2.24) is 9.97 Å². The molecule has 0 fully saturated rings. The zero-order valence-electron chi connectivity index (χ0n) is 13.0. The summed E-state index contributed by atoms with van der Waals surface area (Å²) in [6.45, 7) is 6.81. The first-order chi connectivity index (χ1) is 9.36. The highest BCUT2D eigenvalue weighted by Crippen LogP contribution is 2.18. The van der Waals surface area contributed by atoms with Crippen LogP contribution >= 0.6 is 0 Å². The molecule has 0 radical (unpaired) electrons. The molecule has 6 heteroatoms. The van der Waals surface area contributed by atoms with E-state index in [2.05, 4.69) is 34.4 Å². The second-order valence-corrected chi connectivity index (χ2v) is 5.69. The lowest BCUT2D eigenvalue weighted by atomic mass is 9.94. The lowest BCUT2D eigenvalue weighted by molar-refractivity contribution is 0.0514. The lowest BCUT2D eigenvalue weighted by Gasteiger charge is -2.26. The van der Waals surface area contributed by atoms with Gasteiger partial charge in [0.05, 0.1) is 5.60 Å². The minimum atomic E-state index is -0.764. The minimum Gasteiger partial charge on any atom is -0.388 e. The van der Waals surface area contributed by atoms with Crippen molar-refractivity contribution in [1.29, 1.82) is 0 Å².